The fraction of sp³-hybridized carbons (Fsp3) is 1.00. The lowest BCUT2D eigenvalue weighted by Gasteiger charge is -2.40. The summed E-state index contributed by atoms with van der Waals surface area (Å²) in [6.45, 7) is 4.45. The molecule has 0 N–H and O–H groups in total. The maximum absolute atomic E-state index is 5.66. The van der Waals surface area contributed by atoms with Crippen molar-refractivity contribution < 1.29 is 22.4 Å². The van der Waals surface area contributed by atoms with Crippen LogP contribution in [-0.2, 0) is 46.0 Å². The van der Waals surface area contributed by atoms with Crippen LogP contribution in [0.15, 0.2) is 0 Å². The Kier molecular flexibility index (Phi) is 4.66. The molecule has 2 aliphatic heterocycles. The average molecular weight is 346 g/mol. The van der Waals surface area contributed by atoms with Gasteiger partial charge in [0.05, 0.1) is 26.4 Å². The summed E-state index contributed by atoms with van der Waals surface area (Å²) >= 11 is 10.6. The van der Waals surface area contributed by atoms with Gasteiger partial charge in [-0.2, -0.15) is 0 Å². The molecule has 0 unspecified atom stereocenters. The molecule has 0 radical (unpaired) electrons. The van der Waals surface area contributed by atoms with Gasteiger partial charge >= 0.3 is 13.4 Å². The maximum atomic E-state index is 5.66. The molecule has 0 aliphatic carbocycles. The minimum atomic E-state index is -2.84. The number of hydrogen-bond donors (Lipinski definition) is 0. The number of rotatable bonds is 2. The Labute approximate surface area is 124 Å². The van der Waals surface area contributed by atoms with Crippen LogP contribution in [0.1, 0.15) is 27.7 Å². The summed E-state index contributed by atoms with van der Waals surface area (Å²) in [5.41, 5.74) is -0.121. The van der Waals surface area contributed by atoms with Crippen LogP contribution in [0, 0.1) is 10.8 Å². The van der Waals surface area contributed by atoms with Crippen molar-refractivity contribution in [1.82, 2.24) is 0 Å². The van der Waals surface area contributed by atoms with Crippen molar-refractivity contribution >= 4 is 37.1 Å². The van der Waals surface area contributed by atoms with Crippen molar-refractivity contribution in [2.75, 3.05) is 26.4 Å². The fourth-order valence-corrected chi connectivity index (χ4v) is 7.90. The Balaban J connectivity index is 1.98. The molecule has 112 valence electrons. The Morgan fingerprint density at radius 2 is 1.00 bits per heavy atom. The van der Waals surface area contributed by atoms with E-state index >= 15 is 0 Å². The summed E-state index contributed by atoms with van der Waals surface area (Å²) in [5, 5.41) is 0. The van der Waals surface area contributed by atoms with E-state index < -0.39 is 13.4 Å². The predicted molar refractivity (Wildman–Crippen MR) is 81.0 cm³/mol. The Morgan fingerprint density at radius 1 is 0.737 bits per heavy atom. The van der Waals surface area contributed by atoms with Gasteiger partial charge in [0.15, 0.2) is 0 Å². The SMILES string of the molecule is CC1(C)COP(=S)(OP2(=S)OCC(C)(C)CO2)OC1. The van der Waals surface area contributed by atoms with Crippen molar-refractivity contribution in [2.45, 2.75) is 27.7 Å². The Hall–Kier alpha value is 1.10. The molecule has 0 aromatic carbocycles. The summed E-state index contributed by atoms with van der Waals surface area (Å²) in [6, 6.07) is 0. The lowest BCUT2D eigenvalue weighted by atomic mass is 9.97. The van der Waals surface area contributed by atoms with Crippen molar-refractivity contribution in [2.24, 2.45) is 10.8 Å². The second-order valence-corrected chi connectivity index (χ2v) is 12.6. The first-order valence-corrected chi connectivity index (χ1v) is 11.1. The Bertz CT molecular complexity index is 383. The smallest absolute Gasteiger partial charge is 0.308 e. The molecular weight excluding hydrogens is 326 g/mol. The third kappa shape index (κ3) is 4.53. The highest BCUT2D eigenvalue weighted by molar-refractivity contribution is 8.14. The first-order chi connectivity index (χ1) is 8.54. The van der Waals surface area contributed by atoms with Crippen LogP contribution in [0.5, 0.6) is 0 Å². The summed E-state index contributed by atoms with van der Waals surface area (Å²) in [6.07, 6.45) is 0. The molecule has 0 saturated carbocycles. The minimum absolute atomic E-state index is 0.0605. The lowest BCUT2D eigenvalue weighted by molar-refractivity contribution is 0.0164. The van der Waals surface area contributed by atoms with Crippen molar-refractivity contribution in [3.05, 3.63) is 0 Å². The van der Waals surface area contributed by atoms with E-state index in [1.807, 2.05) is 27.7 Å². The molecule has 0 atom stereocenters. The molecule has 2 rings (SSSR count). The molecule has 9 heteroatoms. The van der Waals surface area contributed by atoms with Crippen LogP contribution in [0.4, 0.5) is 0 Å². The van der Waals surface area contributed by atoms with Crippen LogP contribution in [-0.4, -0.2) is 26.4 Å². The van der Waals surface area contributed by atoms with E-state index in [0.717, 1.165) is 0 Å². The van der Waals surface area contributed by atoms with E-state index in [0.29, 0.717) is 26.4 Å². The summed E-state index contributed by atoms with van der Waals surface area (Å²) in [7, 11) is 0. The standard InChI is InChI=1S/C10H20O5P2S2/c1-9(2)5-11-16(18,12-6-9)15-17(19)13-7-10(3,4)8-14-17/h5-8H2,1-4H3. The molecule has 19 heavy (non-hydrogen) atoms. The topological polar surface area (TPSA) is 46.2 Å². The van der Waals surface area contributed by atoms with Gasteiger partial charge in [-0.3, -0.25) is 0 Å². The molecule has 0 aromatic rings. The predicted octanol–water partition coefficient (Wildman–Crippen LogP) is 3.60. The average Bonchev–Trinajstić information content (AvgIpc) is 2.29. The lowest BCUT2D eigenvalue weighted by Crippen LogP contribution is -2.31. The van der Waals surface area contributed by atoms with Crippen LogP contribution in [0.3, 0.4) is 0 Å². The molecular formula is C10H20O5P2S2. The van der Waals surface area contributed by atoms with Crippen molar-refractivity contribution in [3.63, 3.8) is 0 Å². The highest BCUT2D eigenvalue weighted by Crippen LogP contribution is 2.69. The van der Waals surface area contributed by atoms with E-state index in [9.17, 15) is 0 Å². The largest absolute Gasteiger partial charge is 0.334 e. The molecule has 5 nitrogen and oxygen atoms in total. The zero-order chi connectivity index (χ0) is 14.4. The highest BCUT2D eigenvalue weighted by Gasteiger charge is 2.42. The van der Waals surface area contributed by atoms with Crippen LogP contribution >= 0.6 is 13.4 Å². The van der Waals surface area contributed by atoms with Crippen LogP contribution < -0.4 is 0 Å². The maximum Gasteiger partial charge on any atom is 0.334 e. The number of hydrogen-bond acceptors (Lipinski definition) is 7. The van der Waals surface area contributed by atoms with E-state index in [1.54, 1.807) is 0 Å². The summed E-state index contributed by atoms with van der Waals surface area (Å²) < 4.78 is 28.0. The molecule has 2 heterocycles. The van der Waals surface area contributed by atoms with Crippen LogP contribution in [0.2, 0.25) is 0 Å². The van der Waals surface area contributed by atoms with E-state index in [2.05, 4.69) is 0 Å². The summed E-state index contributed by atoms with van der Waals surface area (Å²) in [5.74, 6) is 0. The monoisotopic (exact) mass is 346 g/mol. The highest BCUT2D eigenvalue weighted by atomic mass is 32.5. The molecule has 2 saturated heterocycles. The van der Waals surface area contributed by atoms with Crippen molar-refractivity contribution in [3.8, 4) is 0 Å². The van der Waals surface area contributed by atoms with Gasteiger partial charge in [-0.15, -0.1) is 0 Å². The van der Waals surface area contributed by atoms with Gasteiger partial charge in [-0.25, -0.2) is 4.31 Å². The third-order valence-corrected chi connectivity index (χ3v) is 8.50. The van der Waals surface area contributed by atoms with Gasteiger partial charge in [0.1, 0.15) is 0 Å². The van der Waals surface area contributed by atoms with Gasteiger partial charge in [-0.1, -0.05) is 27.7 Å². The van der Waals surface area contributed by atoms with Crippen LogP contribution in [0.25, 0.3) is 0 Å². The van der Waals surface area contributed by atoms with E-state index in [4.69, 9.17) is 46.0 Å². The van der Waals surface area contributed by atoms with Gasteiger partial charge in [0, 0.05) is 10.8 Å². The molecule has 2 aliphatic rings. The van der Waals surface area contributed by atoms with Gasteiger partial charge in [0.25, 0.3) is 0 Å². The minimum Gasteiger partial charge on any atom is -0.308 e. The van der Waals surface area contributed by atoms with E-state index in [-0.39, 0.29) is 10.8 Å². The third-order valence-electron chi connectivity index (χ3n) is 2.65. The fourth-order valence-electron chi connectivity index (χ4n) is 1.39. The normalized spacial score (nSPS) is 31.8. The summed E-state index contributed by atoms with van der Waals surface area (Å²) in [4.78, 5) is 0. The molecule has 0 aromatic heterocycles. The second kappa shape index (κ2) is 5.38. The molecule has 0 bridgehead atoms. The van der Waals surface area contributed by atoms with E-state index in [1.165, 1.54) is 0 Å². The van der Waals surface area contributed by atoms with Gasteiger partial charge in [0.2, 0.25) is 0 Å². The Morgan fingerprint density at radius 3 is 1.26 bits per heavy atom. The zero-order valence-corrected chi connectivity index (χ0v) is 15.0. The first kappa shape index (κ1) is 16.5. The first-order valence-electron chi connectivity index (χ1n) is 6.03. The molecule has 0 spiro atoms. The molecule has 0 amide bonds. The quantitative estimate of drug-likeness (QED) is 0.708. The van der Waals surface area contributed by atoms with Gasteiger partial charge in [-0.05, 0) is 23.6 Å². The second-order valence-electron chi connectivity index (χ2n) is 6.40. The zero-order valence-electron chi connectivity index (χ0n) is 11.6. The molecule has 2 fully saturated rings. The van der Waals surface area contributed by atoms with Crippen molar-refractivity contribution in [1.29, 1.82) is 0 Å². The van der Waals surface area contributed by atoms with Gasteiger partial charge < -0.3 is 18.1 Å².